The van der Waals surface area contributed by atoms with Crippen LogP contribution in [0.3, 0.4) is 0 Å². The summed E-state index contributed by atoms with van der Waals surface area (Å²) in [7, 11) is 1.70. The molecule has 1 heterocycles. The van der Waals surface area contributed by atoms with Crippen molar-refractivity contribution in [3.8, 4) is 5.75 Å². The van der Waals surface area contributed by atoms with Crippen molar-refractivity contribution in [3.63, 3.8) is 0 Å². The number of rotatable bonds is 1. The Bertz CT molecular complexity index is 666. The van der Waals surface area contributed by atoms with Gasteiger partial charge in [-0.25, -0.2) is 0 Å². The summed E-state index contributed by atoms with van der Waals surface area (Å²) in [6.45, 7) is 0. The van der Waals surface area contributed by atoms with E-state index in [0.717, 1.165) is 6.07 Å². The number of fused-ring (bicyclic) bond motifs is 1. The molecule has 0 aliphatic carbocycles. The van der Waals surface area contributed by atoms with Gasteiger partial charge in [0.1, 0.15) is 16.2 Å². The molecule has 104 valence electrons. The third-order valence-corrected chi connectivity index (χ3v) is 2.90. The van der Waals surface area contributed by atoms with Gasteiger partial charge in [-0.15, -0.1) is 0 Å². The van der Waals surface area contributed by atoms with Crippen molar-refractivity contribution in [3.05, 3.63) is 30.5 Å². The van der Waals surface area contributed by atoms with E-state index in [0.29, 0.717) is 0 Å². The van der Waals surface area contributed by atoms with Gasteiger partial charge >= 0.3 is 0 Å². The average Bonchev–Trinajstić information content (AvgIpc) is 2.27. The summed E-state index contributed by atoms with van der Waals surface area (Å²) >= 11 is 0. The molecule has 7 heteroatoms. The number of phenolic OH excluding ortho intramolecular Hbond substituents is 1. The van der Waals surface area contributed by atoms with E-state index < -0.39 is 10.1 Å². The average molecular weight is 284 g/mol. The molecule has 0 radical (unpaired) electrons. The van der Waals surface area contributed by atoms with Crippen molar-refractivity contribution in [1.29, 1.82) is 0 Å². The molecule has 2 rings (SSSR count). The lowest BCUT2D eigenvalue weighted by atomic mass is 10.2. The van der Waals surface area contributed by atoms with Crippen LogP contribution in [0.25, 0.3) is 10.9 Å². The van der Waals surface area contributed by atoms with E-state index in [1.807, 2.05) is 26.0 Å². The minimum atomic E-state index is -4.30. The highest BCUT2D eigenvalue weighted by Gasteiger charge is 2.15. The van der Waals surface area contributed by atoms with Crippen molar-refractivity contribution >= 4 is 21.0 Å². The smallest absolute Gasteiger partial charge is 0.295 e. The maximum absolute atomic E-state index is 11.0. The molecule has 0 fully saturated rings. The van der Waals surface area contributed by atoms with Crippen LogP contribution in [0, 0.1) is 0 Å². The Balaban J connectivity index is 0.000000399. The Morgan fingerprint density at radius 3 is 2.26 bits per heavy atom. The summed E-state index contributed by atoms with van der Waals surface area (Å²) in [5, 5.41) is 9.62. The van der Waals surface area contributed by atoms with Gasteiger partial charge in [0.05, 0.1) is 0 Å². The standard InChI is InChI=1S/C9H7NO4S.C3H9N/c11-7-3-4-8(15(12,13)14)6-2-1-5-10-9(6)7;1-4(2)3/h1-5,11H,(H,12,13,14);1-3H3. The van der Waals surface area contributed by atoms with Crippen LogP contribution in [-0.4, -0.2) is 49.1 Å². The Kier molecular flexibility index (Phi) is 4.82. The number of hydrogen-bond acceptors (Lipinski definition) is 5. The molecule has 0 amide bonds. The van der Waals surface area contributed by atoms with Crippen LogP contribution in [0.5, 0.6) is 5.75 Å². The molecule has 2 N–H and O–H groups in total. The normalized spacial score (nSPS) is 11.2. The van der Waals surface area contributed by atoms with Crippen LogP contribution in [-0.2, 0) is 10.1 Å². The third kappa shape index (κ3) is 4.16. The van der Waals surface area contributed by atoms with E-state index in [1.165, 1.54) is 24.4 Å². The van der Waals surface area contributed by atoms with E-state index in [9.17, 15) is 13.5 Å². The predicted molar refractivity (Wildman–Crippen MR) is 72.8 cm³/mol. The lowest BCUT2D eigenvalue weighted by molar-refractivity contribution is 0.478. The molecule has 0 saturated heterocycles. The van der Waals surface area contributed by atoms with Crippen LogP contribution >= 0.6 is 0 Å². The first-order valence-electron chi connectivity index (χ1n) is 5.38. The van der Waals surface area contributed by atoms with E-state index in [2.05, 4.69) is 4.98 Å². The minimum absolute atomic E-state index is 0.127. The molecular formula is C12H16N2O4S. The lowest BCUT2D eigenvalue weighted by Crippen LogP contribution is -1.99. The zero-order valence-corrected chi connectivity index (χ0v) is 11.7. The van der Waals surface area contributed by atoms with Crippen molar-refractivity contribution in [1.82, 2.24) is 9.88 Å². The fraction of sp³-hybridized carbons (Fsp3) is 0.250. The highest BCUT2D eigenvalue weighted by atomic mass is 32.2. The van der Waals surface area contributed by atoms with E-state index in [4.69, 9.17) is 4.55 Å². The van der Waals surface area contributed by atoms with Gasteiger partial charge in [-0.05, 0) is 45.4 Å². The second-order valence-electron chi connectivity index (χ2n) is 4.30. The fourth-order valence-electron chi connectivity index (χ4n) is 1.36. The maximum Gasteiger partial charge on any atom is 0.295 e. The van der Waals surface area contributed by atoms with Gasteiger partial charge in [0.2, 0.25) is 0 Å². The van der Waals surface area contributed by atoms with Crippen LogP contribution in [0.15, 0.2) is 35.4 Å². The van der Waals surface area contributed by atoms with E-state index in [-0.39, 0.29) is 21.5 Å². The third-order valence-electron chi connectivity index (χ3n) is 1.99. The first-order valence-corrected chi connectivity index (χ1v) is 6.82. The van der Waals surface area contributed by atoms with Gasteiger partial charge in [-0.2, -0.15) is 8.42 Å². The molecule has 0 aliphatic heterocycles. The number of hydrogen-bond donors (Lipinski definition) is 2. The van der Waals surface area contributed by atoms with E-state index in [1.54, 1.807) is 0 Å². The van der Waals surface area contributed by atoms with Gasteiger partial charge in [0.25, 0.3) is 10.1 Å². The Labute approximate surface area is 112 Å². The monoisotopic (exact) mass is 284 g/mol. The summed E-state index contributed by atoms with van der Waals surface area (Å²) in [5.41, 5.74) is 0.146. The summed E-state index contributed by atoms with van der Waals surface area (Å²) in [6, 6.07) is 5.30. The zero-order valence-electron chi connectivity index (χ0n) is 10.9. The van der Waals surface area contributed by atoms with Gasteiger partial charge in [0, 0.05) is 11.6 Å². The summed E-state index contributed by atoms with van der Waals surface area (Å²) in [4.78, 5) is 5.57. The molecule has 0 spiro atoms. The molecular weight excluding hydrogens is 268 g/mol. The fourth-order valence-corrected chi connectivity index (χ4v) is 2.04. The van der Waals surface area contributed by atoms with Crippen molar-refractivity contribution < 1.29 is 18.1 Å². The molecule has 19 heavy (non-hydrogen) atoms. The molecule has 0 aliphatic rings. The number of pyridine rings is 1. The van der Waals surface area contributed by atoms with Gasteiger partial charge in [-0.1, -0.05) is 0 Å². The molecule has 1 aromatic heterocycles. The van der Waals surface area contributed by atoms with E-state index >= 15 is 0 Å². The SMILES string of the molecule is CN(C)C.O=S(=O)(O)c1ccc(O)c2ncccc12. The number of aromatic nitrogens is 1. The van der Waals surface area contributed by atoms with Gasteiger partial charge in [-0.3, -0.25) is 9.54 Å². The largest absolute Gasteiger partial charge is 0.506 e. The zero-order chi connectivity index (χ0) is 14.6. The summed E-state index contributed by atoms with van der Waals surface area (Å²) in [5.74, 6) is -0.127. The first kappa shape index (κ1) is 15.4. The Morgan fingerprint density at radius 1 is 1.16 bits per heavy atom. The van der Waals surface area contributed by atoms with Gasteiger partial charge < -0.3 is 10.0 Å². The Hall–Kier alpha value is -1.70. The first-order chi connectivity index (χ1) is 8.73. The van der Waals surface area contributed by atoms with Crippen molar-refractivity contribution in [2.75, 3.05) is 21.1 Å². The molecule has 1 aromatic carbocycles. The summed E-state index contributed by atoms with van der Waals surface area (Å²) < 4.78 is 30.9. The number of nitrogens with zero attached hydrogens (tertiary/aromatic N) is 2. The quantitative estimate of drug-likeness (QED) is 0.768. The second kappa shape index (κ2) is 5.96. The highest BCUT2D eigenvalue weighted by Crippen LogP contribution is 2.27. The molecule has 6 nitrogen and oxygen atoms in total. The van der Waals surface area contributed by atoms with Crippen molar-refractivity contribution in [2.24, 2.45) is 0 Å². The molecule has 0 saturated carbocycles. The van der Waals surface area contributed by atoms with Crippen LogP contribution in [0.4, 0.5) is 0 Å². The minimum Gasteiger partial charge on any atom is -0.506 e. The second-order valence-corrected chi connectivity index (χ2v) is 5.69. The lowest BCUT2D eigenvalue weighted by Gasteiger charge is -2.03. The van der Waals surface area contributed by atoms with Crippen LogP contribution in [0.1, 0.15) is 0 Å². The maximum atomic E-state index is 11.0. The number of phenols is 1. The topological polar surface area (TPSA) is 90.7 Å². The molecule has 0 bridgehead atoms. The summed E-state index contributed by atoms with van der Waals surface area (Å²) in [6.07, 6.45) is 1.43. The molecule has 2 aromatic rings. The van der Waals surface area contributed by atoms with Crippen LogP contribution < -0.4 is 0 Å². The molecule has 0 unspecified atom stereocenters. The van der Waals surface area contributed by atoms with Crippen molar-refractivity contribution in [2.45, 2.75) is 4.90 Å². The number of benzene rings is 1. The van der Waals surface area contributed by atoms with Crippen LogP contribution in [0.2, 0.25) is 0 Å². The Morgan fingerprint density at radius 2 is 1.74 bits per heavy atom. The highest BCUT2D eigenvalue weighted by molar-refractivity contribution is 7.86. The predicted octanol–water partition coefficient (Wildman–Crippen LogP) is 1.36. The molecule has 0 atom stereocenters. The number of aromatic hydroxyl groups is 1. The van der Waals surface area contributed by atoms with Gasteiger partial charge in [0.15, 0.2) is 0 Å².